The van der Waals surface area contributed by atoms with Gasteiger partial charge in [-0.15, -0.1) is 0 Å². The van der Waals surface area contributed by atoms with E-state index in [9.17, 15) is 14.4 Å². The summed E-state index contributed by atoms with van der Waals surface area (Å²) in [4.78, 5) is 36.1. The van der Waals surface area contributed by atoms with Crippen LogP contribution in [0.1, 0.15) is 68.9 Å². The van der Waals surface area contributed by atoms with Crippen LogP contribution in [0.3, 0.4) is 0 Å². The van der Waals surface area contributed by atoms with Crippen LogP contribution >= 0.6 is 0 Å². The highest BCUT2D eigenvalue weighted by Crippen LogP contribution is 2.44. The monoisotopic (exact) mass is 478 g/mol. The maximum atomic E-state index is 12.6. The molecule has 7 heteroatoms. The number of hydrogen-bond donors (Lipinski definition) is 3. The SMILES string of the molecule is CCC(CCC(=O)N[C@@H]1CCC[C@H]1CC(=O)O)NC(=O)OCC1c2ccccc2-c2ccccc21. The van der Waals surface area contributed by atoms with Gasteiger partial charge in [-0.1, -0.05) is 61.9 Å². The van der Waals surface area contributed by atoms with Crippen LogP contribution in [-0.4, -0.2) is 41.8 Å². The summed E-state index contributed by atoms with van der Waals surface area (Å²) in [5, 5.41) is 15.0. The lowest BCUT2D eigenvalue weighted by molar-refractivity contribution is -0.138. The first-order valence-corrected chi connectivity index (χ1v) is 12.6. The number of aliphatic carboxylic acids is 1. The van der Waals surface area contributed by atoms with E-state index in [1.54, 1.807) is 0 Å². The largest absolute Gasteiger partial charge is 0.481 e. The van der Waals surface area contributed by atoms with E-state index in [2.05, 4.69) is 34.9 Å². The minimum atomic E-state index is -0.825. The summed E-state index contributed by atoms with van der Waals surface area (Å²) >= 11 is 0. The average molecular weight is 479 g/mol. The van der Waals surface area contributed by atoms with Crippen molar-refractivity contribution < 1.29 is 24.2 Å². The number of carbonyl (C=O) groups is 3. The van der Waals surface area contributed by atoms with Crippen LogP contribution in [0, 0.1) is 5.92 Å². The molecule has 1 fully saturated rings. The van der Waals surface area contributed by atoms with Crippen LogP contribution in [-0.2, 0) is 14.3 Å². The van der Waals surface area contributed by atoms with Gasteiger partial charge in [0.2, 0.25) is 5.91 Å². The Morgan fingerprint density at radius 2 is 1.69 bits per heavy atom. The quantitative estimate of drug-likeness (QED) is 0.453. The number of carboxylic acids is 1. The maximum Gasteiger partial charge on any atom is 0.407 e. The lowest BCUT2D eigenvalue weighted by atomic mass is 9.98. The van der Waals surface area contributed by atoms with E-state index in [0.29, 0.717) is 12.8 Å². The van der Waals surface area contributed by atoms with Gasteiger partial charge in [0.15, 0.2) is 0 Å². The van der Waals surface area contributed by atoms with Crippen molar-refractivity contribution in [3.63, 3.8) is 0 Å². The number of amides is 2. The molecule has 2 aliphatic carbocycles. The summed E-state index contributed by atoms with van der Waals surface area (Å²) in [5.41, 5.74) is 4.70. The second kappa shape index (κ2) is 11.4. The first-order chi connectivity index (χ1) is 17.0. The molecule has 1 saturated carbocycles. The molecule has 0 heterocycles. The fourth-order valence-corrected chi connectivity index (χ4v) is 5.46. The minimum Gasteiger partial charge on any atom is -0.481 e. The Morgan fingerprint density at radius 3 is 2.31 bits per heavy atom. The van der Waals surface area contributed by atoms with E-state index in [1.165, 1.54) is 22.3 Å². The van der Waals surface area contributed by atoms with Crippen molar-refractivity contribution in [2.75, 3.05) is 6.61 Å². The third kappa shape index (κ3) is 6.02. The molecule has 0 aliphatic heterocycles. The first kappa shape index (κ1) is 24.8. The third-order valence-electron chi connectivity index (χ3n) is 7.32. The highest BCUT2D eigenvalue weighted by molar-refractivity contribution is 5.79. The predicted molar refractivity (Wildman–Crippen MR) is 133 cm³/mol. The number of nitrogens with one attached hydrogen (secondary N) is 2. The molecule has 0 radical (unpaired) electrons. The molecule has 1 unspecified atom stereocenters. The van der Waals surface area contributed by atoms with Gasteiger partial charge < -0.3 is 20.5 Å². The molecule has 4 rings (SSSR count). The Morgan fingerprint density at radius 1 is 1.03 bits per heavy atom. The molecule has 3 N–H and O–H groups in total. The molecule has 2 aliphatic rings. The van der Waals surface area contributed by atoms with Gasteiger partial charge in [-0.25, -0.2) is 4.79 Å². The number of carbonyl (C=O) groups excluding carboxylic acids is 2. The van der Waals surface area contributed by atoms with Crippen molar-refractivity contribution in [2.24, 2.45) is 5.92 Å². The van der Waals surface area contributed by atoms with E-state index < -0.39 is 12.1 Å². The summed E-state index contributed by atoms with van der Waals surface area (Å²) in [7, 11) is 0. The van der Waals surface area contributed by atoms with E-state index in [1.807, 2.05) is 31.2 Å². The van der Waals surface area contributed by atoms with Crippen molar-refractivity contribution in [3.05, 3.63) is 59.7 Å². The van der Waals surface area contributed by atoms with E-state index in [0.717, 1.165) is 19.3 Å². The highest BCUT2D eigenvalue weighted by Gasteiger charge is 2.31. The molecule has 186 valence electrons. The van der Waals surface area contributed by atoms with Gasteiger partial charge in [-0.3, -0.25) is 9.59 Å². The Bertz CT molecular complexity index is 1020. The minimum absolute atomic E-state index is 0.00243. The van der Waals surface area contributed by atoms with Gasteiger partial charge in [0.05, 0.1) is 6.42 Å². The molecular weight excluding hydrogens is 444 g/mol. The molecule has 0 bridgehead atoms. The lowest BCUT2D eigenvalue weighted by Gasteiger charge is -2.21. The Kier molecular flexibility index (Phi) is 8.06. The zero-order valence-corrected chi connectivity index (χ0v) is 20.2. The summed E-state index contributed by atoms with van der Waals surface area (Å²) in [6.45, 7) is 2.22. The molecule has 0 spiro atoms. The molecule has 2 aromatic rings. The number of rotatable bonds is 10. The molecule has 7 nitrogen and oxygen atoms in total. The number of benzene rings is 2. The predicted octanol–water partition coefficient (Wildman–Crippen LogP) is 4.84. The van der Waals surface area contributed by atoms with Crippen molar-refractivity contribution in [3.8, 4) is 11.1 Å². The molecule has 0 saturated heterocycles. The Hall–Kier alpha value is -3.35. The second-order valence-electron chi connectivity index (χ2n) is 9.58. The molecule has 35 heavy (non-hydrogen) atoms. The zero-order chi connectivity index (χ0) is 24.8. The maximum absolute atomic E-state index is 12.6. The van der Waals surface area contributed by atoms with Crippen LogP contribution in [0.4, 0.5) is 4.79 Å². The van der Waals surface area contributed by atoms with Gasteiger partial charge in [-0.2, -0.15) is 0 Å². The zero-order valence-electron chi connectivity index (χ0n) is 20.2. The molecule has 2 amide bonds. The first-order valence-electron chi connectivity index (χ1n) is 12.6. The van der Waals surface area contributed by atoms with E-state index in [4.69, 9.17) is 9.84 Å². The number of fused-ring (bicyclic) bond motifs is 3. The standard InChI is InChI=1S/C28H34N2O5/c1-2-19(14-15-26(31)30-25-13-7-8-18(25)16-27(32)33)29-28(34)35-17-24-22-11-5-3-9-20(22)21-10-4-6-12-23(21)24/h3-6,9-12,18-19,24-25H,2,7-8,13-17H2,1H3,(H,29,34)(H,30,31)(H,32,33)/t18-,19?,25+/m0/s1. The second-order valence-corrected chi connectivity index (χ2v) is 9.58. The number of hydrogen-bond acceptors (Lipinski definition) is 4. The average Bonchev–Trinajstić information content (AvgIpc) is 3.41. The Labute approximate surface area is 206 Å². The van der Waals surface area contributed by atoms with Crippen LogP contribution in [0.25, 0.3) is 11.1 Å². The normalized spacial score (nSPS) is 19.5. The fraction of sp³-hybridized carbons (Fsp3) is 0.464. The lowest BCUT2D eigenvalue weighted by Crippen LogP contribution is -2.40. The van der Waals surface area contributed by atoms with Gasteiger partial charge in [0, 0.05) is 24.4 Å². The fourth-order valence-electron chi connectivity index (χ4n) is 5.46. The van der Waals surface area contributed by atoms with Gasteiger partial charge in [-0.05, 0) is 53.9 Å². The smallest absolute Gasteiger partial charge is 0.407 e. The van der Waals surface area contributed by atoms with Crippen LogP contribution in [0.2, 0.25) is 0 Å². The molecular formula is C28H34N2O5. The third-order valence-corrected chi connectivity index (χ3v) is 7.32. The number of alkyl carbamates (subject to hydrolysis) is 1. The van der Waals surface area contributed by atoms with Crippen LogP contribution in [0.5, 0.6) is 0 Å². The number of carboxylic acid groups (broad SMARTS) is 1. The summed E-state index contributed by atoms with van der Waals surface area (Å²) < 4.78 is 5.63. The highest BCUT2D eigenvalue weighted by atomic mass is 16.5. The summed E-state index contributed by atoms with van der Waals surface area (Å²) in [6, 6.07) is 16.2. The Balaban J connectivity index is 1.25. The summed E-state index contributed by atoms with van der Waals surface area (Å²) in [6.07, 6.45) is 3.66. The van der Waals surface area contributed by atoms with Gasteiger partial charge in [0.1, 0.15) is 6.61 Å². The molecule has 0 aromatic heterocycles. The van der Waals surface area contributed by atoms with Crippen LogP contribution in [0.15, 0.2) is 48.5 Å². The summed E-state index contributed by atoms with van der Waals surface area (Å²) in [5.74, 6) is -0.920. The molecule has 3 atom stereocenters. The number of ether oxygens (including phenoxy) is 1. The van der Waals surface area contributed by atoms with Gasteiger partial charge >= 0.3 is 12.1 Å². The van der Waals surface area contributed by atoms with Crippen molar-refractivity contribution in [1.82, 2.24) is 10.6 Å². The van der Waals surface area contributed by atoms with Crippen LogP contribution < -0.4 is 10.6 Å². The molecule has 2 aromatic carbocycles. The van der Waals surface area contributed by atoms with Crippen molar-refractivity contribution in [2.45, 2.75) is 69.9 Å². The van der Waals surface area contributed by atoms with E-state index >= 15 is 0 Å². The van der Waals surface area contributed by atoms with E-state index in [-0.39, 0.29) is 49.3 Å². The van der Waals surface area contributed by atoms with Crippen molar-refractivity contribution in [1.29, 1.82) is 0 Å². The van der Waals surface area contributed by atoms with Gasteiger partial charge in [0.25, 0.3) is 0 Å². The van der Waals surface area contributed by atoms with Crippen molar-refractivity contribution >= 4 is 18.0 Å². The topological polar surface area (TPSA) is 105 Å².